The normalized spacial score (nSPS) is 25.2. The Morgan fingerprint density at radius 3 is 2.89 bits per heavy atom. The van der Waals surface area contributed by atoms with Crippen LogP contribution in [0.1, 0.15) is 18.4 Å². The number of anilines is 1. The molecule has 0 aromatic heterocycles. The van der Waals surface area contributed by atoms with E-state index in [0.29, 0.717) is 12.1 Å². The summed E-state index contributed by atoms with van der Waals surface area (Å²) in [6, 6.07) is 7.70. The quantitative estimate of drug-likeness (QED) is 0.844. The fourth-order valence-electron chi connectivity index (χ4n) is 2.43. The van der Waals surface area contributed by atoms with Crippen molar-refractivity contribution in [3.8, 4) is 0 Å². The molecular formula is C14H17N3O2. The van der Waals surface area contributed by atoms with Gasteiger partial charge in [0.15, 0.2) is 5.60 Å². The number of nitrogens with zero attached hydrogens (tertiary/aromatic N) is 1. The molecule has 0 saturated carbocycles. The van der Waals surface area contributed by atoms with Crippen LogP contribution in [0.25, 0.3) is 0 Å². The minimum Gasteiger partial charge on any atom is -0.387 e. The van der Waals surface area contributed by atoms with Crippen molar-refractivity contribution < 1.29 is 9.63 Å². The summed E-state index contributed by atoms with van der Waals surface area (Å²) >= 11 is 0. The van der Waals surface area contributed by atoms with Crippen LogP contribution in [-0.2, 0) is 9.63 Å². The lowest BCUT2D eigenvalue weighted by molar-refractivity contribution is -0.110. The van der Waals surface area contributed by atoms with Gasteiger partial charge in [0, 0.05) is 25.1 Å². The summed E-state index contributed by atoms with van der Waals surface area (Å²) in [5.74, 6) is -0.173. The highest BCUT2D eigenvalue weighted by Gasteiger charge is 2.43. The summed E-state index contributed by atoms with van der Waals surface area (Å²) in [5.41, 5.74) is 2.13. The van der Waals surface area contributed by atoms with E-state index in [-0.39, 0.29) is 11.5 Å². The predicted molar refractivity (Wildman–Crippen MR) is 73.2 cm³/mol. The molecule has 2 heterocycles. The van der Waals surface area contributed by atoms with Crippen LogP contribution in [0.15, 0.2) is 29.4 Å². The first-order valence-electron chi connectivity index (χ1n) is 6.51. The fourth-order valence-corrected chi connectivity index (χ4v) is 2.43. The molecule has 0 radical (unpaired) electrons. The number of nitrogens with one attached hydrogen (secondary N) is 2. The third-order valence-electron chi connectivity index (χ3n) is 3.62. The van der Waals surface area contributed by atoms with Crippen LogP contribution >= 0.6 is 0 Å². The zero-order chi connectivity index (χ0) is 13.3. The summed E-state index contributed by atoms with van der Waals surface area (Å²) < 4.78 is 0. The lowest BCUT2D eigenvalue weighted by Crippen LogP contribution is -2.33. The first-order valence-corrected chi connectivity index (χ1v) is 6.51. The SMILES string of the molecule is Cc1ccc(NC(=O)C2=NO[C@]3(CCNC3)C2)cc1. The Hall–Kier alpha value is -1.88. The standard InChI is InChI=1S/C14H17N3O2/c1-10-2-4-11(5-3-10)16-13(18)12-8-14(19-17-12)6-7-15-9-14/h2-5,15H,6-9H2,1H3,(H,16,18)/t14-/m1/s1. The Labute approximate surface area is 112 Å². The summed E-state index contributed by atoms with van der Waals surface area (Å²) in [7, 11) is 0. The average molecular weight is 259 g/mol. The molecule has 19 heavy (non-hydrogen) atoms. The van der Waals surface area contributed by atoms with Gasteiger partial charge in [0.05, 0.1) is 0 Å². The molecule has 2 N–H and O–H groups in total. The number of rotatable bonds is 2. The van der Waals surface area contributed by atoms with Crippen LogP contribution in [0, 0.1) is 6.92 Å². The molecule has 0 aliphatic carbocycles. The van der Waals surface area contributed by atoms with Crippen molar-refractivity contribution >= 4 is 17.3 Å². The molecular weight excluding hydrogens is 242 g/mol. The molecule has 1 aromatic carbocycles. The lowest BCUT2D eigenvalue weighted by Gasteiger charge is -2.18. The predicted octanol–water partition coefficient (Wildman–Crippen LogP) is 1.44. The Morgan fingerprint density at radius 1 is 1.42 bits per heavy atom. The molecule has 1 aromatic rings. The number of carbonyl (C=O) groups excluding carboxylic acids is 1. The van der Waals surface area contributed by atoms with Crippen LogP contribution in [0.4, 0.5) is 5.69 Å². The third kappa shape index (κ3) is 2.46. The second kappa shape index (κ2) is 4.66. The number of carbonyl (C=O) groups is 1. The molecule has 2 aliphatic heterocycles. The highest BCUT2D eigenvalue weighted by Crippen LogP contribution is 2.30. The third-order valence-corrected chi connectivity index (χ3v) is 3.62. The van der Waals surface area contributed by atoms with E-state index in [1.165, 1.54) is 0 Å². The van der Waals surface area contributed by atoms with Crippen LogP contribution < -0.4 is 10.6 Å². The fraction of sp³-hybridized carbons (Fsp3) is 0.429. The summed E-state index contributed by atoms with van der Waals surface area (Å²) in [6.07, 6.45) is 1.48. The molecule has 0 unspecified atom stereocenters. The van der Waals surface area contributed by atoms with Crippen LogP contribution in [0.5, 0.6) is 0 Å². The van der Waals surface area contributed by atoms with Crippen LogP contribution in [0.2, 0.25) is 0 Å². The molecule has 1 spiro atoms. The molecule has 1 amide bonds. The van der Waals surface area contributed by atoms with E-state index in [0.717, 1.165) is 30.8 Å². The van der Waals surface area contributed by atoms with E-state index in [1.807, 2.05) is 31.2 Å². The summed E-state index contributed by atoms with van der Waals surface area (Å²) in [6.45, 7) is 3.69. The molecule has 5 heteroatoms. The highest BCUT2D eigenvalue weighted by molar-refractivity contribution is 6.43. The molecule has 100 valence electrons. The zero-order valence-corrected chi connectivity index (χ0v) is 10.9. The largest absolute Gasteiger partial charge is 0.387 e. The first kappa shape index (κ1) is 12.2. The Bertz CT molecular complexity index is 516. The smallest absolute Gasteiger partial charge is 0.273 e. The number of aryl methyl sites for hydroxylation is 1. The Kier molecular flexibility index (Phi) is 2.98. The Morgan fingerprint density at radius 2 is 2.21 bits per heavy atom. The maximum Gasteiger partial charge on any atom is 0.273 e. The van der Waals surface area contributed by atoms with Crippen LogP contribution in [-0.4, -0.2) is 30.3 Å². The molecule has 2 aliphatic rings. The van der Waals surface area contributed by atoms with Crippen molar-refractivity contribution in [1.82, 2.24) is 5.32 Å². The number of benzene rings is 1. The van der Waals surface area contributed by atoms with Crippen molar-refractivity contribution in [3.05, 3.63) is 29.8 Å². The van der Waals surface area contributed by atoms with Gasteiger partial charge in [0.1, 0.15) is 5.71 Å². The van der Waals surface area contributed by atoms with E-state index in [4.69, 9.17) is 4.84 Å². The van der Waals surface area contributed by atoms with Gasteiger partial charge in [-0.1, -0.05) is 22.9 Å². The van der Waals surface area contributed by atoms with Crippen molar-refractivity contribution in [3.63, 3.8) is 0 Å². The van der Waals surface area contributed by atoms with Gasteiger partial charge in [-0.25, -0.2) is 0 Å². The average Bonchev–Trinajstić information content (AvgIpc) is 3.03. The molecule has 1 fully saturated rings. The van der Waals surface area contributed by atoms with Gasteiger partial charge in [-0.05, 0) is 25.6 Å². The minimum absolute atomic E-state index is 0.173. The lowest BCUT2D eigenvalue weighted by atomic mass is 9.96. The van der Waals surface area contributed by atoms with Gasteiger partial charge in [-0.2, -0.15) is 0 Å². The second-order valence-electron chi connectivity index (χ2n) is 5.24. The van der Waals surface area contributed by atoms with E-state index in [9.17, 15) is 4.79 Å². The minimum atomic E-state index is -0.292. The number of hydrogen-bond donors (Lipinski definition) is 2. The van der Waals surface area contributed by atoms with Crippen molar-refractivity contribution in [2.45, 2.75) is 25.4 Å². The highest BCUT2D eigenvalue weighted by atomic mass is 16.7. The first-order chi connectivity index (χ1) is 9.17. The second-order valence-corrected chi connectivity index (χ2v) is 5.24. The monoisotopic (exact) mass is 259 g/mol. The Balaban J connectivity index is 1.64. The number of oxime groups is 1. The molecule has 1 saturated heterocycles. The van der Waals surface area contributed by atoms with Gasteiger partial charge < -0.3 is 15.5 Å². The molecule has 5 nitrogen and oxygen atoms in total. The molecule has 0 bridgehead atoms. The van der Waals surface area contributed by atoms with Crippen molar-refractivity contribution in [2.75, 3.05) is 18.4 Å². The van der Waals surface area contributed by atoms with Crippen LogP contribution in [0.3, 0.4) is 0 Å². The maximum absolute atomic E-state index is 12.1. The van der Waals surface area contributed by atoms with Gasteiger partial charge in [-0.3, -0.25) is 4.79 Å². The van der Waals surface area contributed by atoms with E-state index < -0.39 is 0 Å². The molecule has 1 atom stereocenters. The van der Waals surface area contributed by atoms with E-state index >= 15 is 0 Å². The summed E-state index contributed by atoms with van der Waals surface area (Å²) in [4.78, 5) is 17.6. The van der Waals surface area contributed by atoms with E-state index in [2.05, 4.69) is 15.8 Å². The van der Waals surface area contributed by atoms with Gasteiger partial charge in [-0.15, -0.1) is 0 Å². The summed E-state index contributed by atoms with van der Waals surface area (Å²) in [5, 5.41) is 10.0. The maximum atomic E-state index is 12.1. The van der Waals surface area contributed by atoms with Gasteiger partial charge >= 0.3 is 0 Å². The number of amides is 1. The zero-order valence-electron chi connectivity index (χ0n) is 10.9. The molecule has 3 rings (SSSR count). The topological polar surface area (TPSA) is 62.7 Å². The van der Waals surface area contributed by atoms with Gasteiger partial charge in [0.25, 0.3) is 5.91 Å². The van der Waals surface area contributed by atoms with E-state index in [1.54, 1.807) is 0 Å². The van der Waals surface area contributed by atoms with Crippen molar-refractivity contribution in [2.24, 2.45) is 5.16 Å². The number of hydrogen-bond acceptors (Lipinski definition) is 4. The van der Waals surface area contributed by atoms with Crippen molar-refractivity contribution in [1.29, 1.82) is 0 Å². The van der Waals surface area contributed by atoms with Gasteiger partial charge in [0.2, 0.25) is 0 Å².